The maximum absolute atomic E-state index is 13.7. The summed E-state index contributed by atoms with van der Waals surface area (Å²) < 4.78 is 53.3. The minimum absolute atomic E-state index is 0.0126. The zero-order valence-electron chi connectivity index (χ0n) is 19.2. The fraction of sp³-hybridized carbons (Fsp3) is 0.364. The van der Waals surface area contributed by atoms with Gasteiger partial charge in [0.15, 0.2) is 5.75 Å². The van der Waals surface area contributed by atoms with Gasteiger partial charge in [-0.3, -0.25) is 4.79 Å². The number of halogens is 2. The molecule has 2 amide bonds. The normalized spacial score (nSPS) is 16.1. The van der Waals surface area contributed by atoms with Gasteiger partial charge in [0.1, 0.15) is 23.2 Å². The third-order valence-electron chi connectivity index (χ3n) is 4.82. The van der Waals surface area contributed by atoms with Crippen LogP contribution in [0.1, 0.15) is 31.9 Å². The summed E-state index contributed by atoms with van der Waals surface area (Å²) >= 11 is 6.13. The summed E-state index contributed by atoms with van der Waals surface area (Å²) in [7, 11) is -2.94. The number of likely N-dealkylation sites (N-methyl/N-ethyl adjacent to an activating group) is 1. The molecule has 0 saturated heterocycles. The zero-order valence-corrected chi connectivity index (χ0v) is 20.8. The average molecular weight is 514 g/mol. The number of nitrogens with one attached hydrogen (secondary N) is 2. The number of fused-ring (bicyclic) bond motifs is 1. The molecule has 2 aromatic carbocycles. The highest BCUT2D eigenvalue weighted by Gasteiger charge is 2.36. The molecular weight excluding hydrogens is 489 g/mol. The Morgan fingerprint density at radius 3 is 2.56 bits per heavy atom. The lowest BCUT2D eigenvalue weighted by Crippen LogP contribution is -2.55. The third-order valence-corrected chi connectivity index (χ3v) is 6.16. The number of carbonyl (C=O) groups is 2. The molecule has 3 rings (SSSR count). The van der Waals surface area contributed by atoms with Crippen molar-refractivity contribution in [2.75, 3.05) is 11.9 Å². The number of benzene rings is 2. The Bertz CT molecular complexity index is 1250. The summed E-state index contributed by atoms with van der Waals surface area (Å²) in [6, 6.07) is 5.96. The number of anilines is 1. The van der Waals surface area contributed by atoms with Crippen LogP contribution >= 0.6 is 11.6 Å². The van der Waals surface area contributed by atoms with Gasteiger partial charge in [-0.1, -0.05) is 23.7 Å². The number of aryl methyl sites for hydroxylation is 1. The Kier molecular flexibility index (Phi) is 7.11. The summed E-state index contributed by atoms with van der Waals surface area (Å²) in [5, 5.41) is 0.182. The van der Waals surface area contributed by atoms with E-state index in [-0.39, 0.29) is 22.9 Å². The number of ether oxygens (including phenoxy) is 2. The molecule has 0 aromatic heterocycles. The van der Waals surface area contributed by atoms with Crippen LogP contribution in [0.4, 0.5) is 14.9 Å². The van der Waals surface area contributed by atoms with E-state index in [9.17, 15) is 22.4 Å². The van der Waals surface area contributed by atoms with E-state index in [1.54, 1.807) is 44.5 Å². The van der Waals surface area contributed by atoms with Crippen LogP contribution in [0.25, 0.3) is 0 Å². The summed E-state index contributed by atoms with van der Waals surface area (Å²) in [5.41, 5.74) is 0.753. The van der Waals surface area contributed by atoms with Crippen molar-refractivity contribution in [3.8, 4) is 11.5 Å². The predicted molar refractivity (Wildman–Crippen MR) is 125 cm³/mol. The first kappa shape index (κ1) is 25.7. The van der Waals surface area contributed by atoms with Gasteiger partial charge in [0.2, 0.25) is 5.91 Å². The van der Waals surface area contributed by atoms with Crippen molar-refractivity contribution in [3.63, 3.8) is 0 Å². The molecule has 34 heavy (non-hydrogen) atoms. The molecule has 2 aromatic rings. The van der Waals surface area contributed by atoms with Crippen molar-refractivity contribution in [3.05, 3.63) is 52.3 Å². The van der Waals surface area contributed by atoms with Gasteiger partial charge in [0.05, 0.1) is 10.7 Å². The van der Waals surface area contributed by atoms with Gasteiger partial charge >= 0.3 is 16.3 Å². The predicted octanol–water partition coefficient (Wildman–Crippen LogP) is 3.83. The second-order valence-electron chi connectivity index (χ2n) is 8.78. The fourth-order valence-corrected chi connectivity index (χ4v) is 4.44. The number of hydrogen-bond donors (Lipinski definition) is 2. The van der Waals surface area contributed by atoms with Gasteiger partial charge in [-0.25, -0.2) is 13.9 Å². The van der Waals surface area contributed by atoms with Crippen LogP contribution in [0.15, 0.2) is 30.3 Å². The topological polar surface area (TPSA) is 114 Å². The number of rotatable bonds is 5. The quantitative estimate of drug-likeness (QED) is 0.628. The average Bonchev–Trinajstić information content (AvgIpc) is 2.68. The minimum Gasteiger partial charge on any atom is -0.453 e. The van der Waals surface area contributed by atoms with E-state index in [4.69, 9.17) is 21.1 Å². The standard InChI is InChI=1S/C22H25ClFN3O6S/c1-12-6-7-13-10-16(25-34(30,31)26-21(29)33-22(2,3)4)20(28)27(5)18(13)19(12)32-17-11-14(24)8-9-15(17)23/h6-9,11,16,25H,10H2,1-5H3,(H,26,29)/t16-/m1/s1. The van der Waals surface area contributed by atoms with Crippen LogP contribution in [0.3, 0.4) is 0 Å². The zero-order chi connectivity index (χ0) is 25.4. The Balaban J connectivity index is 1.87. The van der Waals surface area contributed by atoms with E-state index in [0.717, 1.165) is 6.07 Å². The van der Waals surface area contributed by atoms with Crippen molar-refractivity contribution < 1.29 is 31.9 Å². The number of hydrogen-bond acceptors (Lipinski definition) is 6. The molecule has 0 radical (unpaired) electrons. The third kappa shape index (κ3) is 5.96. The van der Waals surface area contributed by atoms with E-state index >= 15 is 0 Å². The van der Waals surface area contributed by atoms with Crippen molar-refractivity contribution in [1.29, 1.82) is 0 Å². The summed E-state index contributed by atoms with van der Waals surface area (Å²) in [4.78, 5) is 26.1. The Morgan fingerprint density at radius 1 is 1.24 bits per heavy atom. The van der Waals surface area contributed by atoms with Crippen molar-refractivity contribution in [1.82, 2.24) is 9.44 Å². The summed E-state index contributed by atoms with van der Waals surface area (Å²) in [6.07, 6.45) is -1.18. The van der Waals surface area contributed by atoms with Crippen LogP contribution in [0.5, 0.6) is 11.5 Å². The molecule has 0 spiro atoms. The molecule has 1 heterocycles. The SMILES string of the molecule is Cc1ccc2c(c1Oc1cc(F)ccc1Cl)N(C)C(=O)[C@H](NS(=O)(=O)NC(=O)OC(C)(C)C)C2. The van der Waals surface area contributed by atoms with Gasteiger partial charge in [-0.2, -0.15) is 13.1 Å². The summed E-state index contributed by atoms with van der Waals surface area (Å²) in [5.74, 6) is -0.765. The Morgan fingerprint density at radius 2 is 1.91 bits per heavy atom. The van der Waals surface area contributed by atoms with E-state index in [2.05, 4.69) is 4.72 Å². The molecule has 1 aliphatic heterocycles. The van der Waals surface area contributed by atoms with Gasteiger partial charge in [-0.05, 0) is 57.4 Å². The van der Waals surface area contributed by atoms with Crippen LogP contribution in [0, 0.1) is 12.7 Å². The van der Waals surface area contributed by atoms with E-state index in [0.29, 0.717) is 16.8 Å². The molecule has 2 N–H and O–H groups in total. The molecular formula is C22H25ClFN3O6S. The maximum atomic E-state index is 13.7. The molecule has 9 nitrogen and oxygen atoms in total. The number of nitrogens with zero attached hydrogens (tertiary/aromatic N) is 1. The number of amides is 2. The largest absolute Gasteiger partial charge is 0.453 e. The van der Waals surface area contributed by atoms with Crippen molar-refractivity contribution in [2.45, 2.75) is 45.8 Å². The molecule has 0 saturated carbocycles. The molecule has 1 aliphatic rings. The Labute approximate surface area is 202 Å². The molecule has 12 heteroatoms. The second kappa shape index (κ2) is 9.40. The van der Waals surface area contributed by atoms with Gasteiger partial charge in [0.25, 0.3) is 0 Å². The maximum Gasteiger partial charge on any atom is 0.422 e. The molecule has 0 unspecified atom stereocenters. The van der Waals surface area contributed by atoms with Crippen LogP contribution in [0.2, 0.25) is 5.02 Å². The van der Waals surface area contributed by atoms with Gasteiger partial charge in [-0.15, -0.1) is 0 Å². The van der Waals surface area contributed by atoms with Crippen LogP contribution in [-0.2, 0) is 26.2 Å². The lowest BCUT2D eigenvalue weighted by molar-refractivity contribution is -0.120. The second-order valence-corrected chi connectivity index (χ2v) is 10.6. The first-order valence-electron chi connectivity index (χ1n) is 10.2. The highest BCUT2D eigenvalue weighted by Crippen LogP contribution is 2.42. The molecule has 1 atom stereocenters. The van der Waals surface area contributed by atoms with Crippen LogP contribution < -0.4 is 19.1 Å². The van der Waals surface area contributed by atoms with E-state index in [1.165, 1.54) is 24.1 Å². The van der Waals surface area contributed by atoms with Gasteiger partial charge in [0, 0.05) is 13.1 Å². The lowest BCUT2D eigenvalue weighted by atomic mass is 9.96. The van der Waals surface area contributed by atoms with Gasteiger partial charge < -0.3 is 14.4 Å². The first-order valence-corrected chi connectivity index (χ1v) is 12.1. The van der Waals surface area contributed by atoms with Crippen molar-refractivity contribution in [2.24, 2.45) is 0 Å². The Hall–Kier alpha value is -2.89. The van der Waals surface area contributed by atoms with Crippen LogP contribution in [-0.4, -0.2) is 39.1 Å². The lowest BCUT2D eigenvalue weighted by Gasteiger charge is -2.33. The molecule has 0 fully saturated rings. The fourth-order valence-electron chi connectivity index (χ4n) is 3.41. The molecule has 0 aliphatic carbocycles. The highest BCUT2D eigenvalue weighted by molar-refractivity contribution is 7.88. The van der Waals surface area contributed by atoms with E-state index in [1.807, 2.05) is 0 Å². The van der Waals surface area contributed by atoms with E-state index < -0.39 is 39.7 Å². The molecule has 184 valence electrons. The first-order chi connectivity index (χ1) is 15.7. The monoisotopic (exact) mass is 513 g/mol. The summed E-state index contributed by atoms with van der Waals surface area (Å²) in [6.45, 7) is 6.51. The minimum atomic E-state index is -4.40. The number of carbonyl (C=O) groups excluding carboxylic acids is 2. The smallest absolute Gasteiger partial charge is 0.422 e. The van der Waals surface area contributed by atoms with Crippen molar-refractivity contribution >= 4 is 39.5 Å². The highest BCUT2D eigenvalue weighted by atomic mass is 35.5. The molecule has 0 bridgehead atoms.